The van der Waals surface area contributed by atoms with Gasteiger partial charge in [-0.1, -0.05) is 0 Å². The number of benzene rings is 1. The summed E-state index contributed by atoms with van der Waals surface area (Å²) in [7, 11) is 1.58. The van der Waals surface area contributed by atoms with Crippen molar-refractivity contribution in [3.05, 3.63) is 23.8 Å². The van der Waals surface area contributed by atoms with Gasteiger partial charge in [0.05, 0.1) is 24.1 Å². The first-order chi connectivity index (χ1) is 6.22. The number of ether oxygens (including phenoxy) is 1. The molecular formula is C10H9NO2. The van der Waals surface area contributed by atoms with E-state index in [0.717, 1.165) is 5.69 Å². The molecule has 0 aliphatic carbocycles. The van der Waals surface area contributed by atoms with Gasteiger partial charge in [0.25, 0.3) is 0 Å². The summed E-state index contributed by atoms with van der Waals surface area (Å²) in [4.78, 5) is 15.6. The summed E-state index contributed by atoms with van der Waals surface area (Å²) in [5.74, 6) is 0.686. The van der Waals surface area contributed by atoms with E-state index in [-0.39, 0.29) is 5.78 Å². The van der Waals surface area contributed by atoms with E-state index in [4.69, 9.17) is 4.74 Å². The molecule has 0 fully saturated rings. The van der Waals surface area contributed by atoms with Crippen molar-refractivity contribution in [1.82, 2.24) is 0 Å². The number of hydrogen-bond acceptors (Lipinski definition) is 3. The molecule has 2 rings (SSSR count). The molecule has 13 heavy (non-hydrogen) atoms. The number of carbonyl (C=O) groups is 1. The van der Waals surface area contributed by atoms with E-state index in [1.165, 1.54) is 0 Å². The van der Waals surface area contributed by atoms with Crippen molar-refractivity contribution in [2.24, 2.45) is 4.99 Å². The van der Waals surface area contributed by atoms with E-state index in [1.54, 1.807) is 32.2 Å². The molecule has 0 bridgehead atoms. The lowest BCUT2D eigenvalue weighted by Gasteiger charge is -2.00. The Morgan fingerprint density at radius 2 is 2.15 bits per heavy atom. The Morgan fingerprint density at radius 1 is 1.38 bits per heavy atom. The molecule has 1 heterocycles. The van der Waals surface area contributed by atoms with Crippen LogP contribution in [0.2, 0.25) is 0 Å². The van der Waals surface area contributed by atoms with E-state index in [2.05, 4.69) is 4.99 Å². The molecular weight excluding hydrogens is 166 g/mol. The molecule has 1 aromatic rings. The van der Waals surface area contributed by atoms with Crippen LogP contribution in [-0.2, 0) is 0 Å². The quantitative estimate of drug-likeness (QED) is 0.654. The highest BCUT2D eigenvalue weighted by atomic mass is 16.5. The molecule has 3 nitrogen and oxygen atoms in total. The predicted octanol–water partition coefficient (Wildman–Crippen LogP) is 1.98. The van der Waals surface area contributed by atoms with E-state index in [9.17, 15) is 4.79 Å². The van der Waals surface area contributed by atoms with Gasteiger partial charge >= 0.3 is 0 Å². The summed E-state index contributed by atoms with van der Waals surface area (Å²) in [5.41, 5.74) is 1.92. The minimum absolute atomic E-state index is 0.00565. The Balaban J connectivity index is 2.55. The maximum atomic E-state index is 11.5. The zero-order chi connectivity index (χ0) is 9.42. The first-order valence-electron chi connectivity index (χ1n) is 4.00. The topological polar surface area (TPSA) is 38.7 Å². The van der Waals surface area contributed by atoms with Gasteiger partial charge < -0.3 is 4.74 Å². The van der Waals surface area contributed by atoms with Crippen LogP contribution >= 0.6 is 0 Å². The predicted molar refractivity (Wildman–Crippen MR) is 50.1 cm³/mol. The Bertz CT molecular complexity index is 407. The molecule has 1 aliphatic rings. The maximum absolute atomic E-state index is 11.5. The highest BCUT2D eigenvalue weighted by Gasteiger charge is 2.21. The molecule has 0 saturated carbocycles. The molecule has 0 saturated heterocycles. The Morgan fingerprint density at radius 3 is 2.85 bits per heavy atom. The SMILES string of the molecule is COc1ccc2c(c1)C(=O)C(C)=N2. The lowest BCUT2D eigenvalue weighted by atomic mass is 10.1. The van der Waals surface area contributed by atoms with Crippen molar-refractivity contribution in [1.29, 1.82) is 0 Å². The number of ketones is 1. The number of rotatable bonds is 1. The minimum atomic E-state index is -0.00565. The largest absolute Gasteiger partial charge is 0.497 e. The van der Waals surface area contributed by atoms with Crippen LogP contribution in [0.5, 0.6) is 5.75 Å². The molecule has 3 heteroatoms. The van der Waals surface area contributed by atoms with Crippen LogP contribution in [0.15, 0.2) is 23.2 Å². The van der Waals surface area contributed by atoms with Gasteiger partial charge in [-0.25, -0.2) is 4.99 Å². The summed E-state index contributed by atoms with van der Waals surface area (Å²) in [6.45, 7) is 1.72. The van der Waals surface area contributed by atoms with Crippen molar-refractivity contribution in [3.63, 3.8) is 0 Å². The summed E-state index contributed by atoms with van der Waals surface area (Å²) >= 11 is 0. The van der Waals surface area contributed by atoms with Crippen LogP contribution in [0.25, 0.3) is 0 Å². The first-order valence-corrected chi connectivity index (χ1v) is 4.00. The third kappa shape index (κ3) is 1.13. The smallest absolute Gasteiger partial charge is 0.209 e. The number of Topliss-reactive ketones (excluding diaryl/α,β-unsaturated/α-hetero) is 1. The number of methoxy groups -OCH3 is 1. The van der Waals surface area contributed by atoms with Gasteiger partial charge in [0, 0.05) is 0 Å². The molecule has 66 valence electrons. The van der Waals surface area contributed by atoms with Gasteiger partial charge in [0.15, 0.2) is 0 Å². The summed E-state index contributed by atoms with van der Waals surface area (Å²) in [5, 5.41) is 0. The standard InChI is InChI=1S/C10H9NO2/c1-6-10(12)8-5-7(13-2)3-4-9(8)11-6/h3-5H,1-2H3. The molecule has 1 aliphatic heterocycles. The fraction of sp³-hybridized carbons (Fsp3) is 0.200. The minimum Gasteiger partial charge on any atom is -0.497 e. The zero-order valence-corrected chi connectivity index (χ0v) is 7.50. The Hall–Kier alpha value is -1.64. The average Bonchev–Trinajstić information content (AvgIpc) is 2.43. The van der Waals surface area contributed by atoms with Crippen LogP contribution in [-0.4, -0.2) is 18.6 Å². The van der Waals surface area contributed by atoms with Crippen molar-refractivity contribution >= 4 is 17.2 Å². The molecule has 0 N–H and O–H groups in total. The monoisotopic (exact) mass is 175 g/mol. The second-order valence-electron chi connectivity index (χ2n) is 2.91. The highest BCUT2D eigenvalue weighted by Crippen LogP contribution is 2.29. The van der Waals surface area contributed by atoms with Crippen LogP contribution in [0.4, 0.5) is 5.69 Å². The van der Waals surface area contributed by atoms with E-state index in [1.807, 2.05) is 0 Å². The average molecular weight is 175 g/mol. The van der Waals surface area contributed by atoms with Crippen molar-refractivity contribution < 1.29 is 9.53 Å². The number of hydrogen-bond donors (Lipinski definition) is 0. The second kappa shape index (κ2) is 2.69. The maximum Gasteiger partial charge on any atom is 0.209 e. The third-order valence-corrected chi connectivity index (χ3v) is 2.07. The molecule has 0 spiro atoms. The lowest BCUT2D eigenvalue weighted by molar-refractivity contribution is 0.106. The summed E-state index contributed by atoms with van der Waals surface area (Å²) in [6, 6.07) is 5.31. The number of nitrogens with zero attached hydrogens (tertiary/aromatic N) is 1. The van der Waals surface area contributed by atoms with Gasteiger partial charge in [-0.15, -0.1) is 0 Å². The van der Waals surface area contributed by atoms with Crippen molar-refractivity contribution in [3.8, 4) is 5.75 Å². The van der Waals surface area contributed by atoms with E-state index in [0.29, 0.717) is 17.0 Å². The molecule has 0 unspecified atom stereocenters. The molecule has 1 aromatic carbocycles. The summed E-state index contributed by atoms with van der Waals surface area (Å²) < 4.78 is 5.02. The van der Waals surface area contributed by atoms with Gasteiger partial charge in [-0.05, 0) is 25.1 Å². The summed E-state index contributed by atoms with van der Waals surface area (Å²) in [6.07, 6.45) is 0. The molecule has 0 amide bonds. The van der Waals surface area contributed by atoms with Crippen molar-refractivity contribution in [2.75, 3.05) is 7.11 Å². The third-order valence-electron chi connectivity index (χ3n) is 2.07. The van der Waals surface area contributed by atoms with Crippen LogP contribution in [0.1, 0.15) is 17.3 Å². The van der Waals surface area contributed by atoms with E-state index >= 15 is 0 Å². The van der Waals surface area contributed by atoms with Gasteiger partial charge in [-0.3, -0.25) is 4.79 Å². The van der Waals surface area contributed by atoms with Gasteiger partial charge in [0.1, 0.15) is 5.75 Å². The van der Waals surface area contributed by atoms with Gasteiger partial charge in [-0.2, -0.15) is 0 Å². The lowest BCUT2D eigenvalue weighted by Crippen LogP contribution is -2.03. The Kier molecular flexibility index (Phi) is 1.65. The normalized spacial score (nSPS) is 14.0. The van der Waals surface area contributed by atoms with E-state index < -0.39 is 0 Å². The zero-order valence-electron chi connectivity index (χ0n) is 7.50. The molecule has 0 atom stereocenters. The number of aliphatic imine (C=N–C) groups is 1. The fourth-order valence-electron chi connectivity index (χ4n) is 1.35. The molecule has 0 aromatic heterocycles. The number of carbonyl (C=O) groups excluding carboxylic acids is 1. The number of fused-ring (bicyclic) bond motifs is 1. The fourth-order valence-corrected chi connectivity index (χ4v) is 1.35. The van der Waals surface area contributed by atoms with Gasteiger partial charge in [0.2, 0.25) is 5.78 Å². The second-order valence-corrected chi connectivity index (χ2v) is 2.91. The van der Waals surface area contributed by atoms with Crippen LogP contribution in [0, 0.1) is 0 Å². The van der Waals surface area contributed by atoms with Crippen molar-refractivity contribution in [2.45, 2.75) is 6.92 Å². The Labute approximate surface area is 76.1 Å². The van der Waals surface area contributed by atoms with Crippen LogP contribution in [0.3, 0.4) is 0 Å². The first kappa shape index (κ1) is 7.98. The highest BCUT2D eigenvalue weighted by molar-refractivity contribution is 6.49. The molecule has 0 radical (unpaired) electrons. The van der Waals surface area contributed by atoms with Crippen LogP contribution < -0.4 is 4.74 Å².